The van der Waals surface area contributed by atoms with Crippen molar-refractivity contribution in [1.29, 1.82) is 0 Å². The number of nitrogens with two attached hydrogens (primary N) is 2. The van der Waals surface area contributed by atoms with E-state index in [9.17, 15) is 13.6 Å². The molecule has 1 aliphatic heterocycles. The van der Waals surface area contributed by atoms with E-state index in [2.05, 4.69) is 4.98 Å². The zero-order chi connectivity index (χ0) is 22.6. The van der Waals surface area contributed by atoms with Crippen molar-refractivity contribution in [3.63, 3.8) is 0 Å². The largest absolute Gasteiger partial charge is 0.480 e. The van der Waals surface area contributed by atoms with Crippen molar-refractivity contribution >= 4 is 23.2 Å². The van der Waals surface area contributed by atoms with Crippen LogP contribution in [0.25, 0.3) is 16.9 Å². The van der Waals surface area contributed by atoms with Gasteiger partial charge in [-0.25, -0.2) is 13.8 Å². The zero-order valence-corrected chi connectivity index (χ0v) is 17.4. The fourth-order valence-electron chi connectivity index (χ4n) is 4.15. The second-order valence-corrected chi connectivity index (χ2v) is 8.04. The molecule has 0 saturated carbocycles. The van der Waals surface area contributed by atoms with Crippen LogP contribution in [0.5, 0.6) is 5.75 Å². The lowest BCUT2D eigenvalue weighted by Gasteiger charge is -2.27. The number of hydrogen-bond acceptors (Lipinski definition) is 4. The number of aromatic nitrogens is 2. The maximum Gasteiger partial charge on any atom is 0.250 e. The molecule has 6 nitrogen and oxygen atoms in total. The average molecular weight is 455 g/mol. The number of nitrogens with zero attached hydrogens (tertiary/aromatic N) is 2. The van der Waals surface area contributed by atoms with E-state index in [0.717, 1.165) is 11.6 Å². The van der Waals surface area contributed by atoms with Crippen molar-refractivity contribution in [3.8, 4) is 17.0 Å². The molecule has 1 amide bonds. The minimum atomic E-state index is -0.904. The highest BCUT2D eigenvalue weighted by Gasteiger charge is 2.42. The summed E-state index contributed by atoms with van der Waals surface area (Å²) in [5.74, 6) is -1.92. The van der Waals surface area contributed by atoms with Gasteiger partial charge in [0.1, 0.15) is 11.6 Å². The molecule has 1 aliphatic rings. The van der Waals surface area contributed by atoms with Crippen molar-refractivity contribution < 1.29 is 18.3 Å². The van der Waals surface area contributed by atoms with E-state index in [1.54, 1.807) is 0 Å². The number of amides is 1. The van der Waals surface area contributed by atoms with Gasteiger partial charge in [-0.1, -0.05) is 41.9 Å². The quantitative estimate of drug-likeness (QED) is 0.490. The van der Waals surface area contributed by atoms with Gasteiger partial charge in [-0.3, -0.25) is 4.79 Å². The molecule has 2 aromatic heterocycles. The molecule has 162 valence electrons. The lowest BCUT2D eigenvalue weighted by Crippen LogP contribution is -2.39. The van der Waals surface area contributed by atoms with Crippen molar-refractivity contribution in [2.24, 2.45) is 11.5 Å². The summed E-state index contributed by atoms with van der Waals surface area (Å²) in [6.45, 7) is 0.145. The van der Waals surface area contributed by atoms with Gasteiger partial charge in [0.05, 0.1) is 16.3 Å². The van der Waals surface area contributed by atoms with Crippen LogP contribution in [0.15, 0.2) is 54.9 Å². The molecule has 0 spiro atoms. The Balaban J connectivity index is 1.70. The van der Waals surface area contributed by atoms with Crippen LogP contribution in [-0.4, -0.2) is 21.8 Å². The van der Waals surface area contributed by atoms with Gasteiger partial charge in [0.2, 0.25) is 5.91 Å². The third-order valence-corrected chi connectivity index (χ3v) is 6.10. The molecule has 4 aromatic rings. The molecule has 0 unspecified atom stereocenters. The van der Waals surface area contributed by atoms with Crippen molar-refractivity contribution in [2.45, 2.75) is 12.0 Å². The molecule has 0 bridgehead atoms. The van der Waals surface area contributed by atoms with Crippen LogP contribution in [0.3, 0.4) is 0 Å². The average Bonchev–Trinajstić information content (AvgIpc) is 3.37. The monoisotopic (exact) mass is 454 g/mol. The summed E-state index contributed by atoms with van der Waals surface area (Å²) in [5.41, 5.74) is 12.4. The van der Waals surface area contributed by atoms with Crippen molar-refractivity contribution in [1.82, 2.24) is 9.38 Å². The first-order chi connectivity index (χ1) is 15.3. The molecule has 2 aromatic carbocycles. The zero-order valence-electron chi connectivity index (χ0n) is 16.6. The molecule has 0 radical (unpaired) electrons. The molecule has 0 saturated heterocycles. The first kappa shape index (κ1) is 20.4. The number of pyridine rings is 1. The fraction of sp³-hybridized carbons (Fsp3) is 0.130. The summed E-state index contributed by atoms with van der Waals surface area (Å²) < 4.78 is 36.8. The highest BCUT2D eigenvalue weighted by molar-refractivity contribution is 6.33. The van der Waals surface area contributed by atoms with Crippen LogP contribution >= 0.6 is 11.6 Å². The number of hydrogen-bond donors (Lipinski definition) is 2. The number of imidazole rings is 1. The summed E-state index contributed by atoms with van der Waals surface area (Å²) in [5, 5.41) is -0.160. The molecule has 0 fully saturated rings. The number of ether oxygens (including phenoxy) is 1. The second kappa shape index (κ2) is 7.29. The Bertz CT molecular complexity index is 1390. The summed E-state index contributed by atoms with van der Waals surface area (Å²) in [4.78, 5) is 15.8. The first-order valence-corrected chi connectivity index (χ1v) is 10.1. The Hall–Kier alpha value is -3.49. The highest BCUT2D eigenvalue weighted by atomic mass is 35.5. The molecule has 32 heavy (non-hydrogen) atoms. The molecule has 1 atom stereocenters. The molecule has 5 rings (SSSR count). The maximum absolute atomic E-state index is 14.8. The lowest BCUT2D eigenvalue weighted by atomic mass is 9.87. The number of primary amides is 1. The van der Waals surface area contributed by atoms with E-state index in [-0.39, 0.29) is 34.0 Å². The van der Waals surface area contributed by atoms with Crippen LogP contribution in [0, 0.1) is 11.6 Å². The van der Waals surface area contributed by atoms with Crippen LogP contribution < -0.4 is 16.2 Å². The highest BCUT2D eigenvalue weighted by Crippen LogP contribution is 2.48. The van der Waals surface area contributed by atoms with Crippen molar-refractivity contribution in [3.05, 3.63) is 88.2 Å². The molecular formula is C23H17ClF2N4O2. The van der Waals surface area contributed by atoms with Crippen LogP contribution in [0.2, 0.25) is 5.02 Å². The van der Waals surface area contributed by atoms with Gasteiger partial charge in [0.25, 0.3) is 0 Å². The summed E-state index contributed by atoms with van der Waals surface area (Å²) in [6, 6.07) is 11.6. The number of halogens is 3. The van der Waals surface area contributed by atoms with E-state index in [1.807, 2.05) is 30.3 Å². The minimum absolute atomic E-state index is 0.0240. The number of benzene rings is 2. The normalized spacial score (nSPS) is 17.4. The predicted molar refractivity (Wildman–Crippen MR) is 116 cm³/mol. The van der Waals surface area contributed by atoms with Gasteiger partial charge in [0, 0.05) is 42.6 Å². The molecule has 3 heterocycles. The summed E-state index contributed by atoms with van der Waals surface area (Å²) in [6.07, 6.45) is 3.15. The minimum Gasteiger partial charge on any atom is -0.480 e. The molecule has 0 aliphatic carbocycles. The smallest absolute Gasteiger partial charge is 0.250 e. The van der Waals surface area contributed by atoms with E-state index >= 15 is 0 Å². The van der Waals surface area contributed by atoms with E-state index in [1.165, 1.54) is 22.9 Å². The van der Waals surface area contributed by atoms with Gasteiger partial charge < -0.3 is 20.6 Å². The van der Waals surface area contributed by atoms with Gasteiger partial charge in [-0.2, -0.15) is 0 Å². The van der Waals surface area contributed by atoms with Gasteiger partial charge >= 0.3 is 0 Å². The summed E-state index contributed by atoms with van der Waals surface area (Å²) in [7, 11) is 0. The topological polar surface area (TPSA) is 95.6 Å². The first-order valence-electron chi connectivity index (χ1n) is 9.77. The standard InChI is InChI=1S/C23H17ClF2N4O2/c24-20-15(25)7-18-14(8-23(11-27,32-18)13-4-2-1-3-5-13)19(20)17-10-30-9-12(21(28)31)6-16(26)22(30)29-17/h1-7,9-10H,8,11,27H2,(H2,28,31)/t23-/m1/s1. The molecule has 9 heteroatoms. The Morgan fingerprint density at radius 3 is 2.62 bits per heavy atom. The van der Waals surface area contributed by atoms with Gasteiger partial charge in [0.15, 0.2) is 17.1 Å². The number of rotatable bonds is 4. The lowest BCUT2D eigenvalue weighted by molar-refractivity contribution is 0.0998. The van der Waals surface area contributed by atoms with Crippen LogP contribution in [0.1, 0.15) is 21.5 Å². The molecule has 4 N–H and O–H groups in total. The van der Waals surface area contributed by atoms with E-state index in [0.29, 0.717) is 17.7 Å². The van der Waals surface area contributed by atoms with Gasteiger partial charge in [-0.15, -0.1) is 0 Å². The summed E-state index contributed by atoms with van der Waals surface area (Å²) >= 11 is 6.36. The fourth-order valence-corrected chi connectivity index (χ4v) is 4.42. The Labute approximate surface area is 186 Å². The third-order valence-electron chi connectivity index (χ3n) is 5.73. The number of carbonyl (C=O) groups excluding carboxylic acids is 1. The van der Waals surface area contributed by atoms with Crippen molar-refractivity contribution in [2.75, 3.05) is 6.54 Å². The number of fused-ring (bicyclic) bond motifs is 2. The van der Waals surface area contributed by atoms with E-state index < -0.39 is 23.1 Å². The number of carbonyl (C=O) groups is 1. The van der Waals surface area contributed by atoms with Crippen LogP contribution in [0.4, 0.5) is 8.78 Å². The second-order valence-electron chi connectivity index (χ2n) is 7.67. The Kier molecular flexibility index (Phi) is 4.65. The predicted octanol–water partition coefficient (Wildman–Crippen LogP) is 3.82. The Morgan fingerprint density at radius 1 is 1.19 bits per heavy atom. The van der Waals surface area contributed by atoms with Crippen LogP contribution in [-0.2, 0) is 12.0 Å². The Morgan fingerprint density at radius 2 is 1.94 bits per heavy atom. The van der Waals surface area contributed by atoms with E-state index in [4.69, 9.17) is 27.8 Å². The van der Waals surface area contributed by atoms with Gasteiger partial charge in [-0.05, 0) is 11.6 Å². The molecular weight excluding hydrogens is 438 g/mol. The SMILES string of the molecule is NC[C@@]1(c2ccccc2)Cc2c(cc(F)c(Cl)c2-c2cn3cc(C(N)=O)cc(F)c3n2)O1. The third kappa shape index (κ3) is 3.03. The maximum atomic E-state index is 14.8.